The third-order valence-corrected chi connectivity index (χ3v) is 2.83. The van der Waals surface area contributed by atoms with Gasteiger partial charge in [0, 0.05) is 13.1 Å². The van der Waals surface area contributed by atoms with Gasteiger partial charge in [-0.05, 0) is 13.3 Å². The van der Waals surface area contributed by atoms with Gasteiger partial charge in [-0.25, -0.2) is 4.79 Å². The topological polar surface area (TPSA) is 95.7 Å². The summed E-state index contributed by atoms with van der Waals surface area (Å²) in [5.41, 5.74) is 4.15. The van der Waals surface area contributed by atoms with Crippen LogP contribution in [-0.2, 0) is 4.79 Å². The first-order valence-electron chi connectivity index (χ1n) is 4.94. The zero-order valence-electron chi connectivity index (χ0n) is 8.99. The van der Waals surface area contributed by atoms with Crippen molar-refractivity contribution < 1.29 is 14.7 Å². The molecule has 1 saturated heterocycles. The number of amides is 3. The highest BCUT2D eigenvalue weighted by Crippen LogP contribution is 2.25. The van der Waals surface area contributed by atoms with E-state index in [1.54, 1.807) is 11.8 Å². The molecule has 0 spiro atoms. The molecule has 0 aromatic rings. The van der Waals surface area contributed by atoms with Gasteiger partial charge in [0.2, 0.25) is 5.91 Å². The molecule has 4 N–H and O–H groups in total. The number of hydrogen-bond donors (Lipinski definition) is 3. The number of imide groups is 1. The second-order valence-electron chi connectivity index (χ2n) is 4.01. The van der Waals surface area contributed by atoms with Gasteiger partial charge >= 0.3 is 6.03 Å². The van der Waals surface area contributed by atoms with E-state index in [0.29, 0.717) is 19.5 Å². The fourth-order valence-electron chi connectivity index (χ4n) is 1.60. The highest BCUT2D eigenvalue weighted by Gasteiger charge is 2.43. The Morgan fingerprint density at radius 1 is 1.60 bits per heavy atom. The Balaban J connectivity index is 2.41. The second kappa shape index (κ2) is 4.16. The Bertz CT molecular complexity index is 274. The quantitative estimate of drug-likeness (QED) is 0.564. The van der Waals surface area contributed by atoms with Crippen molar-refractivity contribution in [2.24, 2.45) is 5.73 Å². The van der Waals surface area contributed by atoms with Crippen LogP contribution in [0.15, 0.2) is 0 Å². The van der Waals surface area contributed by atoms with Crippen molar-refractivity contribution in [1.82, 2.24) is 10.2 Å². The summed E-state index contributed by atoms with van der Waals surface area (Å²) < 4.78 is 0. The summed E-state index contributed by atoms with van der Waals surface area (Å²) in [6, 6.07) is -1.29. The number of likely N-dealkylation sites (tertiary alicyclic amines) is 1. The lowest BCUT2D eigenvalue weighted by Crippen LogP contribution is -2.66. The van der Waals surface area contributed by atoms with Crippen LogP contribution in [0.4, 0.5) is 4.79 Å². The van der Waals surface area contributed by atoms with Crippen LogP contribution in [0, 0.1) is 0 Å². The van der Waals surface area contributed by atoms with E-state index in [9.17, 15) is 14.7 Å². The average Bonchev–Trinajstić information content (AvgIpc) is 2.10. The molecule has 6 nitrogen and oxygen atoms in total. The summed E-state index contributed by atoms with van der Waals surface area (Å²) in [5, 5.41) is 11.8. The summed E-state index contributed by atoms with van der Waals surface area (Å²) in [6.07, 6.45) is 0.660. The maximum atomic E-state index is 11.4. The maximum absolute atomic E-state index is 11.4. The Kier molecular flexibility index (Phi) is 3.31. The van der Waals surface area contributed by atoms with E-state index < -0.39 is 23.6 Å². The molecule has 0 bridgehead atoms. The number of aliphatic hydroxyl groups is 1. The second-order valence-corrected chi connectivity index (χ2v) is 4.01. The first-order valence-corrected chi connectivity index (χ1v) is 4.94. The molecule has 15 heavy (non-hydrogen) atoms. The van der Waals surface area contributed by atoms with E-state index in [2.05, 4.69) is 0 Å². The molecular weight excluding hydrogens is 198 g/mol. The van der Waals surface area contributed by atoms with Gasteiger partial charge < -0.3 is 10.8 Å². The molecule has 0 aromatic carbocycles. The molecule has 0 saturated carbocycles. The van der Waals surface area contributed by atoms with Gasteiger partial charge in [0.1, 0.15) is 0 Å². The van der Waals surface area contributed by atoms with Crippen LogP contribution in [0.1, 0.15) is 20.3 Å². The predicted octanol–water partition coefficient (Wildman–Crippen LogP) is -0.973. The van der Waals surface area contributed by atoms with Crippen molar-refractivity contribution in [2.45, 2.75) is 31.9 Å². The minimum atomic E-state index is -0.849. The van der Waals surface area contributed by atoms with Crippen LogP contribution in [0.25, 0.3) is 0 Å². The molecule has 6 heteroatoms. The van der Waals surface area contributed by atoms with Crippen molar-refractivity contribution in [2.75, 3.05) is 13.1 Å². The number of rotatable bonds is 3. The summed E-state index contributed by atoms with van der Waals surface area (Å²) in [6.45, 7) is 4.48. The van der Waals surface area contributed by atoms with Gasteiger partial charge in [0.15, 0.2) is 0 Å². The molecule has 0 aromatic heterocycles. The molecule has 0 radical (unpaired) electrons. The zero-order chi connectivity index (χ0) is 11.6. The average molecular weight is 215 g/mol. The van der Waals surface area contributed by atoms with Crippen LogP contribution in [0.5, 0.6) is 0 Å². The number of carbonyl (C=O) groups is 2. The van der Waals surface area contributed by atoms with E-state index in [0.717, 1.165) is 0 Å². The van der Waals surface area contributed by atoms with Crippen LogP contribution < -0.4 is 11.1 Å². The standard InChI is InChI=1S/C9H17N3O3/c1-3-9(15)4-12(5-9)6(2)7(13)11-8(10)14/h6,15H,3-5H2,1-2H3,(H3,10,11,13,14). The smallest absolute Gasteiger partial charge is 0.318 e. The minimum absolute atomic E-state index is 0.430. The molecule has 0 aliphatic carbocycles. The molecule has 1 aliphatic rings. The summed E-state index contributed by atoms with van der Waals surface area (Å²) >= 11 is 0. The SMILES string of the molecule is CCC1(O)CN(C(C)C(=O)NC(N)=O)C1. The van der Waals surface area contributed by atoms with Gasteiger partial charge in [-0.15, -0.1) is 0 Å². The number of β-amino-alcohol motifs (C(OH)–C–C–N with tert-alkyl or cyclic N) is 1. The normalized spacial score (nSPS) is 21.5. The Labute approximate surface area is 88.4 Å². The number of carbonyl (C=O) groups excluding carboxylic acids is 2. The van der Waals surface area contributed by atoms with Crippen molar-refractivity contribution in [3.05, 3.63) is 0 Å². The number of hydrogen-bond acceptors (Lipinski definition) is 4. The summed E-state index contributed by atoms with van der Waals surface area (Å²) in [4.78, 5) is 23.6. The van der Waals surface area contributed by atoms with Crippen LogP contribution in [-0.4, -0.2) is 46.7 Å². The number of nitrogens with two attached hydrogens (primary N) is 1. The largest absolute Gasteiger partial charge is 0.387 e. The molecule has 1 rings (SSSR count). The first kappa shape index (κ1) is 11.9. The fourth-order valence-corrected chi connectivity index (χ4v) is 1.60. The predicted molar refractivity (Wildman–Crippen MR) is 54.0 cm³/mol. The van der Waals surface area contributed by atoms with Crippen LogP contribution in [0.2, 0.25) is 0 Å². The van der Waals surface area contributed by atoms with E-state index in [-0.39, 0.29) is 0 Å². The van der Waals surface area contributed by atoms with Crippen molar-refractivity contribution in [3.63, 3.8) is 0 Å². The van der Waals surface area contributed by atoms with E-state index >= 15 is 0 Å². The molecule has 1 heterocycles. The van der Waals surface area contributed by atoms with E-state index in [1.165, 1.54) is 0 Å². The molecule has 86 valence electrons. The highest BCUT2D eigenvalue weighted by atomic mass is 16.3. The third kappa shape index (κ3) is 2.66. The van der Waals surface area contributed by atoms with Gasteiger partial charge in [-0.1, -0.05) is 6.92 Å². The molecule has 1 fully saturated rings. The van der Waals surface area contributed by atoms with Crippen molar-refractivity contribution >= 4 is 11.9 Å². The number of nitrogens with one attached hydrogen (secondary N) is 1. The van der Waals surface area contributed by atoms with E-state index in [4.69, 9.17) is 5.73 Å². The molecule has 1 aliphatic heterocycles. The van der Waals surface area contributed by atoms with Crippen molar-refractivity contribution in [3.8, 4) is 0 Å². The van der Waals surface area contributed by atoms with Gasteiger partial charge in [0.25, 0.3) is 0 Å². The molecule has 1 atom stereocenters. The zero-order valence-corrected chi connectivity index (χ0v) is 8.99. The lowest BCUT2D eigenvalue weighted by Gasteiger charge is -2.48. The van der Waals surface area contributed by atoms with Gasteiger partial charge in [0.05, 0.1) is 11.6 Å². The van der Waals surface area contributed by atoms with Crippen molar-refractivity contribution in [1.29, 1.82) is 0 Å². The maximum Gasteiger partial charge on any atom is 0.318 e. The van der Waals surface area contributed by atoms with Crippen LogP contribution >= 0.6 is 0 Å². The van der Waals surface area contributed by atoms with Crippen LogP contribution in [0.3, 0.4) is 0 Å². The number of nitrogens with zero attached hydrogens (tertiary/aromatic N) is 1. The van der Waals surface area contributed by atoms with E-state index in [1.807, 2.05) is 12.2 Å². The Hall–Kier alpha value is -1.14. The first-order chi connectivity index (χ1) is 6.88. The summed E-state index contributed by atoms with van der Waals surface area (Å²) in [7, 11) is 0. The molecular formula is C9H17N3O3. The fraction of sp³-hybridized carbons (Fsp3) is 0.778. The Morgan fingerprint density at radius 2 is 2.13 bits per heavy atom. The minimum Gasteiger partial charge on any atom is -0.387 e. The Morgan fingerprint density at radius 3 is 2.53 bits per heavy atom. The lowest BCUT2D eigenvalue weighted by molar-refractivity contribution is -0.141. The molecule has 1 unspecified atom stereocenters. The lowest BCUT2D eigenvalue weighted by atomic mass is 9.90. The number of urea groups is 1. The van der Waals surface area contributed by atoms with Gasteiger partial charge in [-0.3, -0.25) is 15.0 Å². The molecule has 3 amide bonds. The highest BCUT2D eigenvalue weighted by molar-refractivity contribution is 5.96. The third-order valence-electron chi connectivity index (χ3n) is 2.83. The summed E-state index contributed by atoms with van der Waals surface area (Å²) in [5.74, 6) is -0.430. The monoisotopic (exact) mass is 215 g/mol. The van der Waals surface area contributed by atoms with Gasteiger partial charge in [-0.2, -0.15) is 0 Å². The number of primary amides is 1.